The number of nitrogens with one attached hydrogen (secondary N) is 1. The van der Waals surface area contributed by atoms with Crippen LogP contribution in [-0.4, -0.2) is 47.7 Å². The van der Waals surface area contributed by atoms with E-state index in [1.165, 1.54) is 12.1 Å². The van der Waals surface area contributed by atoms with Crippen molar-refractivity contribution in [2.24, 2.45) is 0 Å². The number of nitrogens with zero attached hydrogens (tertiary/aromatic N) is 1. The second kappa shape index (κ2) is 8.06. The summed E-state index contributed by atoms with van der Waals surface area (Å²) < 4.78 is 38.7. The Kier molecular flexibility index (Phi) is 5.95. The van der Waals surface area contributed by atoms with Crippen molar-refractivity contribution in [2.45, 2.75) is 17.4 Å². The number of ether oxygens (including phenoxy) is 2. The normalized spacial score (nSPS) is 17.4. The zero-order valence-electron chi connectivity index (χ0n) is 15.5. The third kappa shape index (κ3) is 4.21. The van der Waals surface area contributed by atoms with Gasteiger partial charge in [-0.05, 0) is 61.0 Å². The number of sulfonamides is 1. The summed E-state index contributed by atoms with van der Waals surface area (Å²) in [4.78, 5) is 2.33. The predicted octanol–water partition coefficient (Wildman–Crippen LogP) is 2.86. The summed E-state index contributed by atoms with van der Waals surface area (Å²) >= 11 is 5.85. The third-order valence-corrected chi connectivity index (χ3v) is 6.55. The molecule has 1 N–H and O–H groups in total. The van der Waals surface area contributed by atoms with Crippen LogP contribution in [0.25, 0.3) is 0 Å². The Morgan fingerprint density at radius 2 is 1.78 bits per heavy atom. The maximum atomic E-state index is 12.6. The monoisotopic (exact) mass is 410 g/mol. The number of fused-ring (bicyclic) bond motifs is 1. The van der Waals surface area contributed by atoms with Gasteiger partial charge in [0.2, 0.25) is 10.0 Å². The standard InChI is InChI=1S/C19H23ClN2O4S/c1-22-9-8-13-10-18(25-2)19(26-3)11-16(13)17(22)12-21-27(23,24)15-6-4-14(20)5-7-15/h4-7,10-11,17,21H,8-9,12H2,1-3H3/t17-/m1/s1. The minimum atomic E-state index is -3.62. The van der Waals surface area contributed by atoms with Crippen molar-refractivity contribution in [3.8, 4) is 11.5 Å². The van der Waals surface area contributed by atoms with Crippen LogP contribution in [-0.2, 0) is 16.4 Å². The van der Waals surface area contributed by atoms with Gasteiger partial charge in [0.05, 0.1) is 19.1 Å². The minimum Gasteiger partial charge on any atom is -0.493 e. The van der Waals surface area contributed by atoms with E-state index in [4.69, 9.17) is 21.1 Å². The fourth-order valence-corrected chi connectivity index (χ4v) is 4.47. The molecule has 0 fully saturated rings. The zero-order chi connectivity index (χ0) is 19.6. The quantitative estimate of drug-likeness (QED) is 0.793. The first-order chi connectivity index (χ1) is 12.9. The van der Waals surface area contributed by atoms with Crippen molar-refractivity contribution >= 4 is 21.6 Å². The smallest absolute Gasteiger partial charge is 0.240 e. The van der Waals surface area contributed by atoms with E-state index < -0.39 is 10.0 Å². The van der Waals surface area contributed by atoms with Crippen LogP contribution in [0.5, 0.6) is 11.5 Å². The average Bonchev–Trinajstić information content (AvgIpc) is 2.66. The summed E-state index contributed by atoms with van der Waals surface area (Å²) in [5.74, 6) is 1.32. The Labute approximate surface area is 165 Å². The Morgan fingerprint density at radius 1 is 1.15 bits per heavy atom. The van der Waals surface area contributed by atoms with Crippen LogP contribution < -0.4 is 14.2 Å². The lowest BCUT2D eigenvalue weighted by Gasteiger charge is -2.35. The summed E-state index contributed by atoms with van der Waals surface area (Å²) in [6.45, 7) is 1.08. The minimum absolute atomic E-state index is 0.101. The van der Waals surface area contributed by atoms with Gasteiger partial charge < -0.3 is 9.47 Å². The molecule has 0 aromatic heterocycles. The number of benzene rings is 2. The second-order valence-corrected chi connectivity index (χ2v) is 8.66. The highest BCUT2D eigenvalue weighted by molar-refractivity contribution is 7.89. The molecule has 0 amide bonds. The first-order valence-electron chi connectivity index (χ1n) is 8.56. The largest absolute Gasteiger partial charge is 0.493 e. The fraction of sp³-hybridized carbons (Fsp3) is 0.368. The van der Waals surface area contributed by atoms with Crippen LogP contribution in [0.4, 0.5) is 0 Å². The third-order valence-electron chi connectivity index (χ3n) is 4.86. The van der Waals surface area contributed by atoms with Gasteiger partial charge in [0.15, 0.2) is 11.5 Å². The van der Waals surface area contributed by atoms with Crippen molar-refractivity contribution in [1.29, 1.82) is 0 Å². The molecule has 1 atom stereocenters. The topological polar surface area (TPSA) is 67.9 Å². The number of likely N-dealkylation sites (N-methyl/N-ethyl adjacent to an activating group) is 1. The summed E-state index contributed by atoms with van der Waals surface area (Å²) in [7, 11) is 1.57. The highest BCUT2D eigenvalue weighted by Crippen LogP contribution is 2.37. The molecule has 0 unspecified atom stereocenters. The van der Waals surface area contributed by atoms with Crippen LogP contribution in [0.1, 0.15) is 17.2 Å². The molecule has 0 saturated carbocycles. The Bertz CT molecular complexity index is 916. The number of hydrogen-bond acceptors (Lipinski definition) is 5. The van der Waals surface area contributed by atoms with E-state index in [9.17, 15) is 8.42 Å². The van der Waals surface area contributed by atoms with E-state index in [0.29, 0.717) is 16.5 Å². The first-order valence-corrected chi connectivity index (χ1v) is 10.4. The molecule has 1 aliphatic rings. The Hall–Kier alpha value is -1.80. The summed E-state index contributed by atoms with van der Waals surface area (Å²) in [6, 6.07) is 9.93. The van der Waals surface area contributed by atoms with Gasteiger partial charge in [-0.2, -0.15) is 0 Å². The van der Waals surface area contributed by atoms with Crippen LogP contribution in [0.15, 0.2) is 41.3 Å². The van der Waals surface area contributed by atoms with Gasteiger partial charge in [0, 0.05) is 24.2 Å². The van der Waals surface area contributed by atoms with E-state index in [1.807, 2.05) is 19.2 Å². The molecule has 1 aliphatic heterocycles. The van der Waals surface area contributed by atoms with Crippen molar-refractivity contribution in [2.75, 3.05) is 34.4 Å². The molecule has 2 aromatic rings. The van der Waals surface area contributed by atoms with E-state index in [1.54, 1.807) is 26.4 Å². The highest BCUT2D eigenvalue weighted by Gasteiger charge is 2.28. The maximum absolute atomic E-state index is 12.6. The van der Waals surface area contributed by atoms with Gasteiger partial charge in [-0.3, -0.25) is 4.90 Å². The first kappa shape index (κ1) is 19.9. The van der Waals surface area contributed by atoms with Crippen LogP contribution >= 0.6 is 11.6 Å². The zero-order valence-corrected chi connectivity index (χ0v) is 17.1. The molecule has 1 heterocycles. The van der Waals surface area contributed by atoms with Crippen LogP contribution in [0, 0.1) is 0 Å². The lowest BCUT2D eigenvalue weighted by molar-refractivity contribution is 0.230. The lowest BCUT2D eigenvalue weighted by Crippen LogP contribution is -2.40. The molecule has 146 valence electrons. The SMILES string of the molecule is COc1cc2c(cc1OC)[C@@H](CNS(=O)(=O)c1ccc(Cl)cc1)N(C)CC2. The summed E-state index contributed by atoms with van der Waals surface area (Å²) in [5.41, 5.74) is 2.18. The van der Waals surface area contributed by atoms with Crippen molar-refractivity contribution in [1.82, 2.24) is 9.62 Å². The fourth-order valence-electron chi connectivity index (χ4n) is 3.31. The molecular formula is C19H23ClN2O4S. The summed E-state index contributed by atoms with van der Waals surface area (Å²) in [6.07, 6.45) is 0.868. The van der Waals surface area contributed by atoms with E-state index in [0.717, 1.165) is 24.1 Å². The van der Waals surface area contributed by atoms with Crippen LogP contribution in [0.3, 0.4) is 0 Å². The molecule has 0 saturated heterocycles. The van der Waals surface area contributed by atoms with Crippen molar-refractivity contribution < 1.29 is 17.9 Å². The lowest BCUT2D eigenvalue weighted by atomic mass is 9.92. The molecule has 8 heteroatoms. The van der Waals surface area contributed by atoms with Gasteiger partial charge >= 0.3 is 0 Å². The number of hydrogen-bond donors (Lipinski definition) is 1. The average molecular weight is 411 g/mol. The molecule has 0 radical (unpaired) electrons. The van der Waals surface area contributed by atoms with Crippen molar-refractivity contribution in [3.63, 3.8) is 0 Å². The van der Waals surface area contributed by atoms with E-state index in [2.05, 4.69) is 9.62 Å². The van der Waals surface area contributed by atoms with Gasteiger partial charge in [-0.1, -0.05) is 11.6 Å². The van der Waals surface area contributed by atoms with Gasteiger partial charge in [-0.25, -0.2) is 13.1 Å². The highest BCUT2D eigenvalue weighted by atomic mass is 35.5. The Balaban J connectivity index is 1.86. The van der Waals surface area contributed by atoms with Crippen molar-refractivity contribution in [3.05, 3.63) is 52.5 Å². The van der Waals surface area contributed by atoms with Gasteiger partial charge in [0.1, 0.15) is 0 Å². The molecule has 3 rings (SSSR count). The van der Waals surface area contributed by atoms with E-state index >= 15 is 0 Å². The van der Waals surface area contributed by atoms with Crippen LogP contribution in [0.2, 0.25) is 5.02 Å². The second-order valence-electron chi connectivity index (χ2n) is 6.46. The molecule has 0 aliphatic carbocycles. The molecule has 0 spiro atoms. The number of methoxy groups -OCH3 is 2. The van der Waals surface area contributed by atoms with E-state index in [-0.39, 0.29) is 17.5 Å². The molecule has 27 heavy (non-hydrogen) atoms. The Morgan fingerprint density at radius 3 is 2.41 bits per heavy atom. The number of rotatable bonds is 6. The maximum Gasteiger partial charge on any atom is 0.240 e. The van der Waals surface area contributed by atoms with Gasteiger partial charge in [0.25, 0.3) is 0 Å². The van der Waals surface area contributed by atoms with Gasteiger partial charge in [-0.15, -0.1) is 0 Å². The predicted molar refractivity (Wildman–Crippen MR) is 105 cm³/mol. The summed E-state index contributed by atoms with van der Waals surface area (Å²) in [5, 5.41) is 0.496. The molecule has 6 nitrogen and oxygen atoms in total. The molecular weight excluding hydrogens is 388 g/mol. The molecule has 0 bridgehead atoms. The number of halogens is 1. The molecule has 2 aromatic carbocycles.